The van der Waals surface area contributed by atoms with Crippen LogP contribution in [0.2, 0.25) is 0 Å². The number of carbonyl (C=O) groups excluding carboxylic acids is 3. The zero-order chi connectivity index (χ0) is 17.5. The summed E-state index contributed by atoms with van der Waals surface area (Å²) in [5, 5.41) is 5.72. The van der Waals surface area contributed by atoms with E-state index in [9.17, 15) is 14.4 Å². The van der Waals surface area contributed by atoms with E-state index < -0.39 is 0 Å². The Kier molecular flexibility index (Phi) is 6.35. The summed E-state index contributed by atoms with van der Waals surface area (Å²) in [4.78, 5) is 36.5. The second-order valence-corrected chi connectivity index (χ2v) is 6.20. The first-order chi connectivity index (χ1) is 11.5. The number of hydrogen-bond acceptors (Lipinski definition) is 3. The number of benzene rings is 1. The average molecular weight is 331 g/mol. The number of rotatable bonds is 6. The highest BCUT2D eigenvalue weighted by Gasteiger charge is 2.18. The zero-order valence-corrected chi connectivity index (χ0v) is 14.3. The van der Waals surface area contributed by atoms with E-state index in [1.54, 1.807) is 29.2 Å². The topological polar surface area (TPSA) is 78.5 Å². The fraction of sp³-hybridized carbons (Fsp3) is 0.500. The summed E-state index contributed by atoms with van der Waals surface area (Å²) in [5.74, 6) is -0.270. The lowest BCUT2D eigenvalue weighted by Crippen LogP contribution is -2.37. The van der Waals surface area contributed by atoms with Crippen molar-refractivity contribution in [2.75, 3.05) is 16.8 Å². The molecule has 24 heavy (non-hydrogen) atoms. The minimum atomic E-state index is -0.144. The number of amides is 3. The predicted molar refractivity (Wildman–Crippen MR) is 93.8 cm³/mol. The molecule has 0 spiro atoms. The number of nitrogens with zero attached hydrogens (tertiary/aromatic N) is 1. The molecule has 1 aliphatic carbocycles. The maximum atomic E-state index is 12.0. The first kappa shape index (κ1) is 18.0. The van der Waals surface area contributed by atoms with Crippen molar-refractivity contribution in [3.63, 3.8) is 0 Å². The molecule has 6 nitrogen and oxygen atoms in total. The van der Waals surface area contributed by atoms with Gasteiger partial charge in [0.05, 0.1) is 0 Å². The molecule has 0 saturated heterocycles. The van der Waals surface area contributed by atoms with Gasteiger partial charge in [-0.05, 0) is 37.1 Å². The van der Waals surface area contributed by atoms with E-state index in [-0.39, 0.29) is 24.1 Å². The van der Waals surface area contributed by atoms with Gasteiger partial charge in [-0.3, -0.25) is 14.4 Å². The Morgan fingerprint density at radius 1 is 1.08 bits per heavy atom. The summed E-state index contributed by atoms with van der Waals surface area (Å²) in [6.07, 6.45) is 4.72. The molecule has 6 heteroatoms. The molecule has 0 aromatic heterocycles. The summed E-state index contributed by atoms with van der Waals surface area (Å²) in [7, 11) is 0. The van der Waals surface area contributed by atoms with Crippen LogP contribution in [0.1, 0.15) is 46.0 Å². The van der Waals surface area contributed by atoms with Crippen molar-refractivity contribution in [3.05, 3.63) is 24.3 Å². The molecule has 1 aromatic carbocycles. The molecule has 0 radical (unpaired) electrons. The van der Waals surface area contributed by atoms with E-state index in [1.165, 1.54) is 26.7 Å². The van der Waals surface area contributed by atoms with Crippen LogP contribution in [-0.2, 0) is 14.4 Å². The second-order valence-electron chi connectivity index (χ2n) is 6.20. The molecule has 0 bridgehead atoms. The molecule has 3 amide bonds. The van der Waals surface area contributed by atoms with Gasteiger partial charge in [0.15, 0.2) is 0 Å². The van der Waals surface area contributed by atoms with Gasteiger partial charge < -0.3 is 15.5 Å². The van der Waals surface area contributed by atoms with Crippen LogP contribution in [0.4, 0.5) is 11.4 Å². The number of carbonyl (C=O) groups is 3. The first-order valence-electron chi connectivity index (χ1n) is 8.41. The molecule has 1 aliphatic rings. The highest BCUT2D eigenvalue weighted by molar-refractivity contribution is 5.93. The number of nitrogens with one attached hydrogen (secondary N) is 2. The van der Waals surface area contributed by atoms with Crippen molar-refractivity contribution < 1.29 is 14.4 Å². The smallest absolute Gasteiger partial charge is 0.223 e. The van der Waals surface area contributed by atoms with E-state index in [2.05, 4.69) is 10.6 Å². The van der Waals surface area contributed by atoms with Crippen molar-refractivity contribution in [3.8, 4) is 0 Å². The first-order valence-corrected chi connectivity index (χ1v) is 8.41. The molecule has 0 atom stereocenters. The van der Waals surface area contributed by atoms with Gasteiger partial charge in [0.1, 0.15) is 0 Å². The lowest BCUT2D eigenvalue weighted by molar-refractivity contribution is -0.121. The van der Waals surface area contributed by atoms with Crippen molar-refractivity contribution >= 4 is 29.1 Å². The van der Waals surface area contributed by atoms with E-state index in [0.29, 0.717) is 24.0 Å². The fourth-order valence-corrected chi connectivity index (χ4v) is 2.98. The molecule has 1 fully saturated rings. The minimum Gasteiger partial charge on any atom is -0.353 e. The number of hydrogen-bond donors (Lipinski definition) is 2. The molecule has 0 unspecified atom stereocenters. The Morgan fingerprint density at radius 3 is 2.25 bits per heavy atom. The average Bonchev–Trinajstić information content (AvgIpc) is 3.01. The maximum absolute atomic E-state index is 12.0. The van der Waals surface area contributed by atoms with Gasteiger partial charge in [-0.25, -0.2) is 0 Å². The van der Waals surface area contributed by atoms with Crippen LogP contribution < -0.4 is 15.5 Å². The third kappa shape index (κ3) is 5.37. The van der Waals surface area contributed by atoms with E-state index in [1.807, 2.05) is 0 Å². The Hall–Kier alpha value is -2.37. The monoisotopic (exact) mass is 331 g/mol. The summed E-state index contributed by atoms with van der Waals surface area (Å²) < 4.78 is 0. The van der Waals surface area contributed by atoms with E-state index in [4.69, 9.17) is 0 Å². The lowest BCUT2D eigenvalue weighted by atomic mass is 10.2. The second kappa shape index (κ2) is 8.47. The third-order valence-corrected chi connectivity index (χ3v) is 4.16. The van der Waals surface area contributed by atoms with Crippen LogP contribution >= 0.6 is 0 Å². The molecule has 2 rings (SSSR count). The van der Waals surface area contributed by atoms with Crippen LogP contribution in [0.5, 0.6) is 0 Å². The summed E-state index contributed by atoms with van der Waals surface area (Å²) in [6, 6.07) is 7.31. The van der Waals surface area contributed by atoms with Gasteiger partial charge in [0.2, 0.25) is 17.7 Å². The predicted octanol–water partition coefficient (Wildman–Crippen LogP) is 2.45. The molecule has 0 aliphatic heterocycles. The SMILES string of the molecule is CC(=O)Nc1ccc(N(CCC(=O)NC2CCCC2)C(C)=O)cc1. The normalized spacial score (nSPS) is 14.2. The van der Waals surface area contributed by atoms with Crippen LogP contribution in [0.25, 0.3) is 0 Å². The van der Waals surface area contributed by atoms with Gasteiger partial charge >= 0.3 is 0 Å². The molecule has 0 heterocycles. The van der Waals surface area contributed by atoms with E-state index >= 15 is 0 Å². The van der Waals surface area contributed by atoms with Gasteiger partial charge in [0, 0.05) is 44.2 Å². The summed E-state index contributed by atoms with van der Waals surface area (Å²) in [5.41, 5.74) is 1.39. The molecule has 1 saturated carbocycles. The molecular formula is C18H25N3O3. The van der Waals surface area contributed by atoms with Crippen LogP contribution in [0.15, 0.2) is 24.3 Å². The Labute approximate surface area is 142 Å². The fourth-order valence-electron chi connectivity index (χ4n) is 2.98. The molecule has 130 valence electrons. The lowest BCUT2D eigenvalue weighted by Gasteiger charge is -2.22. The van der Waals surface area contributed by atoms with Crippen LogP contribution in [0.3, 0.4) is 0 Å². The molecular weight excluding hydrogens is 306 g/mol. The van der Waals surface area contributed by atoms with Gasteiger partial charge in [0.25, 0.3) is 0 Å². The standard InChI is InChI=1S/C18H25N3O3/c1-13(22)19-16-7-9-17(10-8-16)21(14(2)23)12-11-18(24)20-15-5-3-4-6-15/h7-10,15H,3-6,11-12H2,1-2H3,(H,19,22)(H,20,24). The van der Waals surface area contributed by atoms with Crippen molar-refractivity contribution in [2.45, 2.75) is 52.0 Å². The zero-order valence-electron chi connectivity index (χ0n) is 14.3. The minimum absolute atomic E-state index is 0.0111. The highest BCUT2D eigenvalue weighted by Crippen LogP contribution is 2.20. The molecule has 2 N–H and O–H groups in total. The quantitative estimate of drug-likeness (QED) is 0.840. The van der Waals surface area contributed by atoms with Gasteiger partial charge in [-0.15, -0.1) is 0 Å². The Balaban J connectivity index is 1.92. The van der Waals surface area contributed by atoms with Crippen molar-refractivity contribution in [2.24, 2.45) is 0 Å². The van der Waals surface area contributed by atoms with Gasteiger partial charge in [-0.1, -0.05) is 12.8 Å². The van der Waals surface area contributed by atoms with Crippen molar-refractivity contribution in [1.29, 1.82) is 0 Å². The van der Waals surface area contributed by atoms with Crippen molar-refractivity contribution in [1.82, 2.24) is 5.32 Å². The summed E-state index contributed by atoms with van der Waals surface area (Å²) in [6.45, 7) is 3.27. The summed E-state index contributed by atoms with van der Waals surface area (Å²) >= 11 is 0. The molecule has 1 aromatic rings. The highest BCUT2D eigenvalue weighted by atomic mass is 16.2. The number of anilines is 2. The Morgan fingerprint density at radius 2 is 1.71 bits per heavy atom. The van der Waals surface area contributed by atoms with Crippen LogP contribution in [-0.4, -0.2) is 30.3 Å². The Bertz CT molecular complexity index is 592. The van der Waals surface area contributed by atoms with E-state index in [0.717, 1.165) is 12.8 Å². The van der Waals surface area contributed by atoms with Gasteiger partial charge in [-0.2, -0.15) is 0 Å². The maximum Gasteiger partial charge on any atom is 0.223 e. The van der Waals surface area contributed by atoms with Crippen LogP contribution in [0, 0.1) is 0 Å². The third-order valence-electron chi connectivity index (χ3n) is 4.16. The largest absolute Gasteiger partial charge is 0.353 e.